The van der Waals surface area contributed by atoms with Crippen molar-refractivity contribution in [3.63, 3.8) is 0 Å². The monoisotopic (exact) mass is 227 g/mol. The maximum atomic E-state index is 11.4. The summed E-state index contributed by atoms with van der Waals surface area (Å²) in [5.41, 5.74) is 0.530. The summed E-state index contributed by atoms with van der Waals surface area (Å²) in [4.78, 5) is 0.204. The van der Waals surface area contributed by atoms with E-state index in [0.717, 1.165) is 5.56 Å². The van der Waals surface area contributed by atoms with Gasteiger partial charge in [0.2, 0.25) is 10.0 Å². The highest BCUT2D eigenvalue weighted by Gasteiger charge is 2.38. The van der Waals surface area contributed by atoms with Gasteiger partial charge >= 0.3 is 0 Å². The second kappa shape index (κ2) is 3.30. The Morgan fingerprint density at radius 3 is 2.40 bits per heavy atom. The van der Waals surface area contributed by atoms with E-state index in [0.29, 0.717) is 13.2 Å². The molecule has 2 N–H and O–H groups in total. The van der Waals surface area contributed by atoms with Gasteiger partial charge in [-0.15, -0.1) is 0 Å². The molecule has 1 aliphatic rings. The van der Waals surface area contributed by atoms with E-state index in [-0.39, 0.29) is 10.3 Å². The van der Waals surface area contributed by atoms with Gasteiger partial charge in [0.15, 0.2) is 0 Å². The minimum absolute atomic E-state index is 0.204. The Hall–Kier alpha value is -0.910. The molecule has 1 saturated heterocycles. The van der Waals surface area contributed by atoms with E-state index in [1.807, 2.05) is 13.0 Å². The molecular formula is C10H13NO3S. The molecule has 0 aliphatic carbocycles. The van der Waals surface area contributed by atoms with Crippen LogP contribution in [0.4, 0.5) is 0 Å². The lowest BCUT2D eigenvalue weighted by Gasteiger charge is -2.39. The molecule has 1 aromatic rings. The fourth-order valence-electron chi connectivity index (χ4n) is 1.78. The van der Waals surface area contributed by atoms with E-state index in [2.05, 4.69) is 0 Å². The Kier molecular flexibility index (Phi) is 2.33. The first-order valence-corrected chi connectivity index (χ1v) is 6.18. The van der Waals surface area contributed by atoms with E-state index in [1.165, 1.54) is 6.07 Å². The van der Waals surface area contributed by atoms with Crippen LogP contribution in [0.2, 0.25) is 0 Å². The second-order valence-corrected chi connectivity index (χ2v) is 5.62. The second-order valence-electron chi connectivity index (χ2n) is 4.09. The molecule has 0 aromatic heterocycles. The number of hydrogen-bond donors (Lipinski definition) is 1. The van der Waals surface area contributed by atoms with Crippen LogP contribution in [0.5, 0.6) is 0 Å². The van der Waals surface area contributed by atoms with Crippen molar-refractivity contribution in [1.82, 2.24) is 0 Å². The van der Waals surface area contributed by atoms with E-state index in [4.69, 9.17) is 9.88 Å². The van der Waals surface area contributed by atoms with Crippen LogP contribution in [0.15, 0.2) is 29.2 Å². The third-order valence-corrected chi connectivity index (χ3v) is 3.65. The van der Waals surface area contributed by atoms with Gasteiger partial charge in [0.1, 0.15) is 0 Å². The normalized spacial score (nSPS) is 19.6. The lowest BCUT2D eigenvalue weighted by molar-refractivity contribution is -0.0513. The molecule has 0 bridgehead atoms. The Labute approximate surface area is 89.1 Å². The highest BCUT2D eigenvalue weighted by Crippen LogP contribution is 2.35. The van der Waals surface area contributed by atoms with E-state index in [9.17, 15) is 8.42 Å². The van der Waals surface area contributed by atoms with Crippen LogP contribution in [-0.2, 0) is 20.2 Å². The molecule has 1 aliphatic heterocycles. The van der Waals surface area contributed by atoms with Crippen molar-refractivity contribution in [2.24, 2.45) is 5.14 Å². The van der Waals surface area contributed by atoms with Gasteiger partial charge in [0.05, 0.1) is 18.1 Å². The number of ether oxygens (including phenoxy) is 1. The van der Waals surface area contributed by atoms with Crippen molar-refractivity contribution in [1.29, 1.82) is 0 Å². The van der Waals surface area contributed by atoms with Gasteiger partial charge in [-0.2, -0.15) is 0 Å². The molecular weight excluding hydrogens is 214 g/mol. The van der Waals surface area contributed by atoms with Gasteiger partial charge < -0.3 is 4.74 Å². The van der Waals surface area contributed by atoms with Crippen LogP contribution >= 0.6 is 0 Å². The molecule has 1 aromatic carbocycles. The minimum atomic E-state index is -3.65. The summed E-state index contributed by atoms with van der Waals surface area (Å²) >= 11 is 0. The van der Waals surface area contributed by atoms with Gasteiger partial charge in [-0.05, 0) is 11.6 Å². The van der Waals surface area contributed by atoms with E-state index in [1.54, 1.807) is 12.1 Å². The third-order valence-electron chi connectivity index (χ3n) is 2.69. The Morgan fingerprint density at radius 1 is 1.33 bits per heavy atom. The Balaban J connectivity index is 2.57. The Morgan fingerprint density at radius 2 is 1.93 bits per heavy atom. The van der Waals surface area contributed by atoms with Crippen LogP contribution in [0, 0.1) is 0 Å². The van der Waals surface area contributed by atoms with Crippen molar-refractivity contribution in [3.8, 4) is 0 Å². The molecule has 15 heavy (non-hydrogen) atoms. The summed E-state index contributed by atoms with van der Waals surface area (Å²) < 4.78 is 27.9. The van der Waals surface area contributed by atoms with Crippen LogP contribution in [0.1, 0.15) is 12.5 Å². The van der Waals surface area contributed by atoms with Crippen LogP contribution in [-0.4, -0.2) is 21.6 Å². The van der Waals surface area contributed by atoms with Crippen molar-refractivity contribution >= 4 is 10.0 Å². The molecule has 0 spiro atoms. The summed E-state index contributed by atoms with van der Waals surface area (Å²) in [5, 5.41) is 5.16. The topological polar surface area (TPSA) is 69.4 Å². The van der Waals surface area contributed by atoms with Crippen molar-refractivity contribution < 1.29 is 13.2 Å². The Bertz CT molecular complexity index is 477. The molecule has 0 radical (unpaired) electrons. The molecule has 1 heterocycles. The van der Waals surface area contributed by atoms with E-state index >= 15 is 0 Å². The average Bonchev–Trinajstić information content (AvgIpc) is 2.13. The van der Waals surface area contributed by atoms with Gasteiger partial charge in [0, 0.05) is 5.41 Å². The largest absolute Gasteiger partial charge is 0.379 e. The number of hydrogen-bond acceptors (Lipinski definition) is 3. The summed E-state index contributed by atoms with van der Waals surface area (Å²) in [7, 11) is -3.65. The van der Waals surface area contributed by atoms with Gasteiger partial charge in [-0.3, -0.25) is 0 Å². The number of sulfonamides is 1. The summed E-state index contributed by atoms with van der Waals surface area (Å²) in [5.74, 6) is 0. The lowest BCUT2D eigenvalue weighted by Crippen LogP contribution is -2.45. The first-order chi connectivity index (χ1) is 6.93. The first-order valence-electron chi connectivity index (χ1n) is 4.63. The van der Waals surface area contributed by atoms with Gasteiger partial charge in [-0.1, -0.05) is 25.1 Å². The molecule has 2 rings (SSSR count). The third kappa shape index (κ3) is 1.78. The molecule has 82 valence electrons. The molecule has 0 unspecified atom stereocenters. The van der Waals surface area contributed by atoms with E-state index < -0.39 is 10.0 Å². The molecule has 1 fully saturated rings. The standard InChI is InChI=1S/C10H13NO3S/c1-10(6-14-7-10)8-4-2-3-5-9(8)15(11,12)13/h2-5H,6-7H2,1H3,(H2,11,12,13). The number of primary sulfonamides is 1. The van der Waals surface area contributed by atoms with Gasteiger partial charge in [-0.25, -0.2) is 13.6 Å². The predicted octanol–water partition coefficient (Wildman–Crippen LogP) is 0.622. The maximum absolute atomic E-state index is 11.4. The maximum Gasteiger partial charge on any atom is 0.238 e. The highest BCUT2D eigenvalue weighted by molar-refractivity contribution is 7.89. The highest BCUT2D eigenvalue weighted by atomic mass is 32.2. The zero-order chi connectivity index (χ0) is 11.1. The fraction of sp³-hybridized carbons (Fsp3) is 0.400. The quantitative estimate of drug-likeness (QED) is 0.805. The minimum Gasteiger partial charge on any atom is -0.379 e. The SMILES string of the molecule is CC1(c2ccccc2S(N)(=O)=O)COC1. The number of nitrogens with two attached hydrogens (primary N) is 1. The number of benzene rings is 1. The molecule has 0 amide bonds. The van der Waals surface area contributed by atoms with Crippen molar-refractivity contribution in [2.45, 2.75) is 17.2 Å². The molecule has 0 atom stereocenters. The average molecular weight is 227 g/mol. The summed E-state index contributed by atoms with van der Waals surface area (Å²) in [6, 6.07) is 6.82. The lowest BCUT2D eigenvalue weighted by atomic mass is 9.81. The fourth-order valence-corrected chi connectivity index (χ4v) is 2.67. The molecule has 5 heteroatoms. The predicted molar refractivity (Wildman–Crippen MR) is 56.0 cm³/mol. The molecule has 0 saturated carbocycles. The number of rotatable bonds is 2. The van der Waals surface area contributed by atoms with Crippen LogP contribution < -0.4 is 5.14 Å². The van der Waals surface area contributed by atoms with Crippen molar-refractivity contribution in [3.05, 3.63) is 29.8 Å². The summed E-state index contributed by atoms with van der Waals surface area (Å²) in [6.07, 6.45) is 0. The smallest absolute Gasteiger partial charge is 0.238 e. The first kappa shape index (κ1) is 10.6. The molecule has 4 nitrogen and oxygen atoms in total. The van der Waals surface area contributed by atoms with Crippen LogP contribution in [0.3, 0.4) is 0 Å². The van der Waals surface area contributed by atoms with Gasteiger partial charge in [0.25, 0.3) is 0 Å². The zero-order valence-corrected chi connectivity index (χ0v) is 9.25. The summed E-state index contributed by atoms with van der Waals surface area (Å²) in [6.45, 7) is 3.06. The zero-order valence-electron chi connectivity index (χ0n) is 8.43. The van der Waals surface area contributed by atoms with Crippen molar-refractivity contribution in [2.75, 3.05) is 13.2 Å². The van der Waals surface area contributed by atoms with Crippen LogP contribution in [0.25, 0.3) is 0 Å².